The average molecular weight is 465 g/mol. The van der Waals surface area contributed by atoms with Crippen molar-refractivity contribution in [1.29, 1.82) is 0 Å². The molecule has 32 heavy (non-hydrogen) atoms. The van der Waals surface area contributed by atoms with E-state index in [1.54, 1.807) is 32.9 Å². The number of carbonyl (C=O) groups excluding carboxylic acids is 1. The summed E-state index contributed by atoms with van der Waals surface area (Å²) < 4.78 is 52.5. The van der Waals surface area contributed by atoms with Gasteiger partial charge in [0.15, 0.2) is 11.6 Å². The largest absolute Gasteiger partial charge is 0.494 e. The van der Waals surface area contributed by atoms with E-state index < -0.39 is 27.4 Å². The van der Waals surface area contributed by atoms with Gasteiger partial charge in [0.25, 0.3) is 10.0 Å². The number of hydrogen-bond donors (Lipinski definition) is 1. The number of hydrogen-bond acceptors (Lipinski definition) is 6. The average Bonchev–Trinajstić information content (AvgIpc) is 2.71. The molecule has 0 saturated heterocycles. The molecule has 3 rings (SSSR count). The molecule has 0 bridgehead atoms. The number of ether oxygens (including phenoxy) is 2. The third-order valence-electron chi connectivity index (χ3n) is 5.16. The molecule has 0 radical (unpaired) electrons. The molecule has 7 nitrogen and oxygen atoms in total. The number of nitrogens with zero attached hydrogens (tertiary/aromatic N) is 1. The zero-order valence-electron chi connectivity index (χ0n) is 18.7. The van der Waals surface area contributed by atoms with E-state index in [1.807, 2.05) is 6.07 Å². The van der Waals surface area contributed by atoms with Crippen molar-refractivity contribution in [2.24, 2.45) is 11.7 Å². The Kier molecular flexibility index (Phi) is 6.80. The number of esters is 1. The molecule has 2 aromatic rings. The molecule has 1 atom stereocenters. The van der Waals surface area contributed by atoms with Crippen LogP contribution in [-0.4, -0.2) is 40.2 Å². The molecule has 9 heteroatoms. The Bertz CT molecular complexity index is 1110. The van der Waals surface area contributed by atoms with E-state index in [1.165, 1.54) is 23.5 Å². The highest BCUT2D eigenvalue weighted by atomic mass is 32.2. The Morgan fingerprint density at radius 2 is 1.94 bits per heavy atom. The van der Waals surface area contributed by atoms with Gasteiger partial charge < -0.3 is 15.2 Å². The van der Waals surface area contributed by atoms with E-state index >= 15 is 0 Å². The second-order valence-corrected chi connectivity index (χ2v) is 10.7. The Morgan fingerprint density at radius 3 is 2.56 bits per heavy atom. The first-order valence-electron chi connectivity index (χ1n) is 10.3. The van der Waals surface area contributed by atoms with Gasteiger partial charge >= 0.3 is 5.97 Å². The fraction of sp³-hybridized carbons (Fsp3) is 0.435. The predicted molar refractivity (Wildman–Crippen MR) is 120 cm³/mol. The van der Waals surface area contributed by atoms with Crippen LogP contribution >= 0.6 is 0 Å². The summed E-state index contributed by atoms with van der Waals surface area (Å²) in [6.45, 7) is 5.86. The van der Waals surface area contributed by atoms with Gasteiger partial charge in [-0.1, -0.05) is 12.1 Å². The lowest BCUT2D eigenvalue weighted by atomic mass is 9.92. The number of benzene rings is 2. The van der Waals surface area contributed by atoms with Gasteiger partial charge in [-0.2, -0.15) is 0 Å². The topological polar surface area (TPSA) is 98.9 Å². The minimum atomic E-state index is -4.03. The maximum Gasteiger partial charge on any atom is 0.310 e. The molecule has 0 amide bonds. The normalized spacial score (nSPS) is 16.4. The second-order valence-electron chi connectivity index (χ2n) is 8.86. The molecular formula is C23H29FN2O5S. The van der Waals surface area contributed by atoms with Gasteiger partial charge in [0.1, 0.15) is 5.60 Å². The summed E-state index contributed by atoms with van der Waals surface area (Å²) in [5, 5.41) is 0. The smallest absolute Gasteiger partial charge is 0.310 e. The number of halogens is 1. The van der Waals surface area contributed by atoms with Crippen molar-refractivity contribution in [2.75, 3.05) is 24.5 Å². The van der Waals surface area contributed by atoms with Gasteiger partial charge in [-0.05, 0) is 69.0 Å². The van der Waals surface area contributed by atoms with E-state index in [9.17, 15) is 17.6 Å². The van der Waals surface area contributed by atoms with Crippen LogP contribution in [-0.2, 0) is 32.4 Å². The number of nitrogens with two attached hydrogens (primary N) is 1. The molecule has 174 valence electrons. The maximum absolute atomic E-state index is 13.9. The van der Waals surface area contributed by atoms with Crippen LogP contribution in [0.1, 0.15) is 31.9 Å². The van der Waals surface area contributed by atoms with Crippen molar-refractivity contribution in [1.82, 2.24) is 0 Å². The molecule has 0 fully saturated rings. The first-order chi connectivity index (χ1) is 14.9. The van der Waals surface area contributed by atoms with Crippen LogP contribution in [0.3, 0.4) is 0 Å². The van der Waals surface area contributed by atoms with Crippen molar-refractivity contribution in [3.63, 3.8) is 0 Å². The Labute approximate surface area is 188 Å². The van der Waals surface area contributed by atoms with Crippen LogP contribution in [0.4, 0.5) is 10.1 Å². The maximum atomic E-state index is 13.9. The quantitative estimate of drug-likeness (QED) is 0.660. The standard InChI is InChI=1S/C23H29FN2O5S/c1-23(2,3)31-22(27)11-15-5-6-17-9-16(13-25)14-26(20(17)10-15)32(28,29)18-7-8-19(24)21(12-18)30-4/h5-8,10,12,16H,9,11,13-14,25H2,1-4H3/t16-/m1/s1. The van der Waals surface area contributed by atoms with E-state index in [0.29, 0.717) is 24.2 Å². The van der Waals surface area contributed by atoms with Crippen LogP contribution in [0, 0.1) is 11.7 Å². The summed E-state index contributed by atoms with van der Waals surface area (Å²) >= 11 is 0. The van der Waals surface area contributed by atoms with Crippen LogP contribution < -0.4 is 14.8 Å². The number of methoxy groups -OCH3 is 1. The van der Waals surface area contributed by atoms with E-state index in [0.717, 1.165) is 11.6 Å². The molecular weight excluding hydrogens is 435 g/mol. The number of sulfonamides is 1. The molecule has 2 N–H and O–H groups in total. The summed E-state index contributed by atoms with van der Waals surface area (Å²) in [5.41, 5.74) is 7.20. The first kappa shape index (κ1) is 24.0. The fourth-order valence-electron chi connectivity index (χ4n) is 3.69. The predicted octanol–water partition coefficient (Wildman–Crippen LogP) is 3.04. The Morgan fingerprint density at radius 1 is 1.22 bits per heavy atom. The summed E-state index contributed by atoms with van der Waals surface area (Å²) in [7, 11) is -2.75. The number of fused-ring (bicyclic) bond motifs is 1. The van der Waals surface area contributed by atoms with Gasteiger partial charge in [-0.25, -0.2) is 12.8 Å². The minimum absolute atomic E-state index is 0.0170. The highest BCUT2D eigenvalue weighted by Gasteiger charge is 2.34. The number of anilines is 1. The molecule has 1 aliphatic rings. The number of rotatable bonds is 6. The van der Waals surface area contributed by atoms with Crippen LogP contribution in [0.25, 0.3) is 0 Å². The van der Waals surface area contributed by atoms with Gasteiger partial charge in [0.05, 0.1) is 24.1 Å². The van der Waals surface area contributed by atoms with Crippen LogP contribution in [0.15, 0.2) is 41.3 Å². The molecule has 0 unspecified atom stereocenters. The molecule has 0 aromatic heterocycles. The first-order valence-corrected chi connectivity index (χ1v) is 11.8. The molecule has 0 saturated carbocycles. The molecule has 1 heterocycles. The van der Waals surface area contributed by atoms with Crippen molar-refractivity contribution in [2.45, 2.75) is 44.1 Å². The van der Waals surface area contributed by atoms with E-state index in [-0.39, 0.29) is 29.5 Å². The highest BCUT2D eigenvalue weighted by molar-refractivity contribution is 7.92. The van der Waals surface area contributed by atoms with E-state index in [2.05, 4.69) is 0 Å². The van der Waals surface area contributed by atoms with E-state index in [4.69, 9.17) is 15.2 Å². The van der Waals surface area contributed by atoms with Gasteiger partial charge in [0.2, 0.25) is 0 Å². The van der Waals surface area contributed by atoms with Crippen molar-refractivity contribution in [3.8, 4) is 5.75 Å². The minimum Gasteiger partial charge on any atom is -0.494 e. The summed E-state index contributed by atoms with van der Waals surface area (Å²) in [4.78, 5) is 12.2. The summed E-state index contributed by atoms with van der Waals surface area (Å²) in [5.74, 6) is -1.27. The lowest BCUT2D eigenvalue weighted by molar-refractivity contribution is -0.153. The van der Waals surface area contributed by atoms with Gasteiger partial charge in [-0.15, -0.1) is 0 Å². The fourth-order valence-corrected chi connectivity index (χ4v) is 5.28. The SMILES string of the molecule is COc1cc(S(=O)(=O)N2C[C@@H](CN)Cc3ccc(CC(=O)OC(C)(C)C)cc32)ccc1F. The van der Waals surface area contributed by atoms with Gasteiger partial charge in [-0.3, -0.25) is 9.10 Å². The van der Waals surface area contributed by atoms with Crippen LogP contribution in [0.2, 0.25) is 0 Å². The Balaban J connectivity index is 2.01. The lowest BCUT2D eigenvalue weighted by Gasteiger charge is -2.35. The third-order valence-corrected chi connectivity index (χ3v) is 6.94. The monoisotopic (exact) mass is 464 g/mol. The zero-order valence-corrected chi connectivity index (χ0v) is 19.5. The summed E-state index contributed by atoms with van der Waals surface area (Å²) in [6.07, 6.45) is 0.639. The van der Waals surface area contributed by atoms with Crippen LogP contribution in [0.5, 0.6) is 5.75 Å². The molecule has 2 aromatic carbocycles. The van der Waals surface area contributed by atoms with Crippen molar-refractivity contribution >= 4 is 21.7 Å². The van der Waals surface area contributed by atoms with Crippen molar-refractivity contribution in [3.05, 3.63) is 53.3 Å². The number of carbonyl (C=O) groups is 1. The third kappa shape index (κ3) is 5.21. The highest BCUT2D eigenvalue weighted by Crippen LogP contribution is 2.36. The molecule has 0 aliphatic carbocycles. The van der Waals surface area contributed by atoms with Gasteiger partial charge in [0, 0.05) is 12.6 Å². The lowest BCUT2D eigenvalue weighted by Crippen LogP contribution is -2.42. The molecule has 0 spiro atoms. The summed E-state index contributed by atoms with van der Waals surface area (Å²) in [6, 6.07) is 8.77. The van der Waals surface area contributed by atoms with Crippen molar-refractivity contribution < 1.29 is 27.1 Å². The molecule has 1 aliphatic heterocycles. The second kappa shape index (κ2) is 9.07. The Hall–Kier alpha value is -2.65. The zero-order chi connectivity index (χ0) is 23.7.